The molecule has 0 bridgehead atoms. The summed E-state index contributed by atoms with van der Waals surface area (Å²) in [6, 6.07) is 19.9. The van der Waals surface area contributed by atoms with E-state index in [1.807, 2.05) is 0 Å². The van der Waals surface area contributed by atoms with Gasteiger partial charge in [0, 0.05) is 11.8 Å². The SMILES string of the molecule is C=COc1ccc(C(CCCC(c2cc(C)c(OC=C)c(C)c2)c2cc(C)c(OC=C)cc2C)c2cc(C)c(OC=C)c(C)c2)cc1C. The summed E-state index contributed by atoms with van der Waals surface area (Å²) in [6.07, 6.45) is 8.87. The highest BCUT2D eigenvalue weighted by atomic mass is 16.5. The van der Waals surface area contributed by atoms with Crippen molar-refractivity contribution in [3.05, 3.63) is 167 Å². The summed E-state index contributed by atoms with van der Waals surface area (Å²) in [5, 5.41) is 0. The maximum Gasteiger partial charge on any atom is 0.132 e. The van der Waals surface area contributed by atoms with Crippen molar-refractivity contribution in [1.82, 2.24) is 0 Å². The lowest BCUT2D eigenvalue weighted by Crippen LogP contribution is -2.09. The molecule has 2 atom stereocenters. The summed E-state index contributed by atoms with van der Waals surface area (Å²) in [5.41, 5.74) is 12.8. The highest BCUT2D eigenvalue weighted by Crippen LogP contribution is 2.41. The molecule has 0 amide bonds. The highest BCUT2D eigenvalue weighted by molar-refractivity contribution is 5.51. The van der Waals surface area contributed by atoms with Crippen LogP contribution in [0.4, 0.5) is 0 Å². The van der Waals surface area contributed by atoms with Gasteiger partial charge in [-0.3, -0.25) is 0 Å². The highest BCUT2D eigenvalue weighted by Gasteiger charge is 2.23. The van der Waals surface area contributed by atoms with Crippen LogP contribution in [0.15, 0.2) is 106 Å². The van der Waals surface area contributed by atoms with Crippen LogP contribution in [0.5, 0.6) is 23.0 Å². The van der Waals surface area contributed by atoms with E-state index in [0.29, 0.717) is 0 Å². The van der Waals surface area contributed by atoms with Gasteiger partial charge in [-0.15, -0.1) is 0 Å². The number of aryl methyl sites for hydroxylation is 7. The number of rotatable bonds is 16. The lowest BCUT2D eigenvalue weighted by atomic mass is 9.80. The molecular formula is C44H50O4. The molecule has 0 heterocycles. The van der Waals surface area contributed by atoms with Crippen LogP contribution >= 0.6 is 0 Å². The molecule has 4 rings (SSSR count). The lowest BCUT2D eigenvalue weighted by molar-refractivity contribution is 0.474. The molecule has 0 spiro atoms. The molecule has 0 aromatic heterocycles. The zero-order valence-corrected chi connectivity index (χ0v) is 29.7. The molecule has 4 heteroatoms. The van der Waals surface area contributed by atoms with Crippen LogP contribution in [0.25, 0.3) is 0 Å². The van der Waals surface area contributed by atoms with Crippen molar-refractivity contribution >= 4 is 0 Å². The molecule has 2 unspecified atom stereocenters. The number of hydrogen-bond donors (Lipinski definition) is 0. The van der Waals surface area contributed by atoms with Gasteiger partial charge in [-0.1, -0.05) is 75.2 Å². The van der Waals surface area contributed by atoms with E-state index in [4.69, 9.17) is 18.9 Å². The van der Waals surface area contributed by atoms with Crippen molar-refractivity contribution in [2.75, 3.05) is 0 Å². The standard InChI is InChI=1S/C44H50O4/c1-12-45-41-20-19-35(21-29(41)6)38(36-22-31(8)43(47-14-3)32(9)23-36)17-16-18-39(37-24-33(10)44(48-15-4)34(11)25-37)40-26-30(7)42(46-13-2)27-28(40)5/h12-15,19-27,38-39H,1-4,16-18H2,5-11H3. The van der Waals surface area contributed by atoms with Crippen LogP contribution in [0.1, 0.15) is 92.3 Å². The van der Waals surface area contributed by atoms with Gasteiger partial charge in [-0.05, 0) is 135 Å². The second kappa shape index (κ2) is 16.2. The first-order valence-corrected chi connectivity index (χ1v) is 16.6. The maximum atomic E-state index is 5.79. The first-order chi connectivity index (χ1) is 23.0. The zero-order chi connectivity index (χ0) is 35.0. The Morgan fingerprint density at radius 3 is 1.40 bits per heavy atom. The summed E-state index contributed by atoms with van der Waals surface area (Å²) in [5.74, 6) is 3.73. The van der Waals surface area contributed by atoms with Gasteiger partial charge in [0.1, 0.15) is 23.0 Å². The second-order valence-corrected chi connectivity index (χ2v) is 12.6. The third kappa shape index (κ3) is 8.12. The van der Waals surface area contributed by atoms with Crippen LogP contribution in [0.2, 0.25) is 0 Å². The van der Waals surface area contributed by atoms with Crippen molar-refractivity contribution < 1.29 is 18.9 Å². The molecule has 0 saturated carbocycles. The minimum Gasteiger partial charge on any atom is -0.465 e. The molecule has 48 heavy (non-hydrogen) atoms. The predicted molar refractivity (Wildman–Crippen MR) is 200 cm³/mol. The van der Waals surface area contributed by atoms with Crippen molar-refractivity contribution in [1.29, 1.82) is 0 Å². The van der Waals surface area contributed by atoms with E-state index in [2.05, 4.69) is 129 Å². The fraction of sp³-hybridized carbons (Fsp3) is 0.273. The van der Waals surface area contributed by atoms with E-state index in [1.165, 1.54) is 52.9 Å². The molecule has 0 saturated heterocycles. The van der Waals surface area contributed by atoms with Gasteiger partial charge in [0.2, 0.25) is 0 Å². The van der Waals surface area contributed by atoms with Gasteiger partial charge >= 0.3 is 0 Å². The van der Waals surface area contributed by atoms with E-state index in [0.717, 1.165) is 75.6 Å². The predicted octanol–water partition coefficient (Wildman–Crippen LogP) is 12.1. The number of hydrogen-bond acceptors (Lipinski definition) is 4. The van der Waals surface area contributed by atoms with E-state index in [1.54, 1.807) is 0 Å². The quantitative estimate of drug-likeness (QED) is 0.114. The molecule has 0 N–H and O–H groups in total. The molecule has 0 radical (unpaired) electrons. The largest absolute Gasteiger partial charge is 0.465 e. The molecule has 0 fully saturated rings. The third-order valence-corrected chi connectivity index (χ3v) is 9.12. The summed E-state index contributed by atoms with van der Waals surface area (Å²) in [7, 11) is 0. The normalized spacial score (nSPS) is 12.1. The molecule has 4 aromatic rings. The second-order valence-electron chi connectivity index (χ2n) is 12.6. The average Bonchev–Trinajstić information content (AvgIpc) is 3.04. The Kier molecular flexibility index (Phi) is 12.1. The van der Waals surface area contributed by atoms with Crippen LogP contribution in [0.3, 0.4) is 0 Å². The molecule has 250 valence electrons. The van der Waals surface area contributed by atoms with E-state index in [-0.39, 0.29) is 11.8 Å². The van der Waals surface area contributed by atoms with Gasteiger partial charge in [-0.2, -0.15) is 0 Å². The van der Waals surface area contributed by atoms with Crippen LogP contribution in [0, 0.1) is 48.5 Å². The summed E-state index contributed by atoms with van der Waals surface area (Å²) < 4.78 is 23.0. The molecule has 0 aliphatic rings. The Morgan fingerprint density at radius 1 is 0.458 bits per heavy atom. The minimum atomic E-state index is 0.175. The van der Waals surface area contributed by atoms with Crippen molar-refractivity contribution in [3.63, 3.8) is 0 Å². The first kappa shape index (κ1) is 35.9. The monoisotopic (exact) mass is 642 g/mol. The van der Waals surface area contributed by atoms with E-state index >= 15 is 0 Å². The number of ether oxygens (including phenoxy) is 4. The van der Waals surface area contributed by atoms with Gasteiger partial charge in [-0.25, -0.2) is 0 Å². The van der Waals surface area contributed by atoms with Crippen molar-refractivity contribution in [3.8, 4) is 23.0 Å². The topological polar surface area (TPSA) is 36.9 Å². The Labute approximate surface area is 288 Å². The van der Waals surface area contributed by atoms with Crippen LogP contribution in [-0.2, 0) is 0 Å². The lowest BCUT2D eigenvalue weighted by Gasteiger charge is -2.26. The Morgan fingerprint density at radius 2 is 0.896 bits per heavy atom. The molecule has 0 aliphatic carbocycles. The third-order valence-electron chi connectivity index (χ3n) is 9.12. The number of benzene rings is 4. The van der Waals surface area contributed by atoms with Crippen molar-refractivity contribution in [2.45, 2.75) is 79.6 Å². The minimum absolute atomic E-state index is 0.175. The van der Waals surface area contributed by atoms with Crippen LogP contribution < -0.4 is 18.9 Å². The average molecular weight is 643 g/mol. The smallest absolute Gasteiger partial charge is 0.132 e. The summed E-state index contributed by atoms with van der Waals surface area (Å²) >= 11 is 0. The zero-order valence-electron chi connectivity index (χ0n) is 29.7. The van der Waals surface area contributed by atoms with Crippen LogP contribution in [-0.4, -0.2) is 0 Å². The fourth-order valence-electron chi connectivity index (χ4n) is 6.98. The Hall–Kier alpha value is -4.96. The van der Waals surface area contributed by atoms with Gasteiger partial charge < -0.3 is 18.9 Å². The van der Waals surface area contributed by atoms with E-state index < -0.39 is 0 Å². The molecule has 4 aromatic carbocycles. The van der Waals surface area contributed by atoms with E-state index in [9.17, 15) is 0 Å². The Balaban J connectivity index is 1.77. The molecule has 0 aliphatic heterocycles. The maximum absolute atomic E-state index is 5.79. The van der Waals surface area contributed by atoms with Gasteiger partial charge in [0.05, 0.1) is 25.0 Å². The molecular weight excluding hydrogens is 592 g/mol. The summed E-state index contributed by atoms with van der Waals surface area (Å²) in [6.45, 7) is 29.8. The first-order valence-electron chi connectivity index (χ1n) is 16.6. The van der Waals surface area contributed by atoms with Gasteiger partial charge in [0.25, 0.3) is 0 Å². The molecule has 4 nitrogen and oxygen atoms in total. The fourth-order valence-corrected chi connectivity index (χ4v) is 6.98. The van der Waals surface area contributed by atoms with Gasteiger partial charge in [0.15, 0.2) is 0 Å². The van der Waals surface area contributed by atoms with Crippen molar-refractivity contribution in [2.24, 2.45) is 0 Å². The summed E-state index contributed by atoms with van der Waals surface area (Å²) in [4.78, 5) is 0. The Bertz CT molecular complexity index is 1770.